The van der Waals surface area contributed by atoms with E-state index in [0.717, 1.165) is 50.7 Å². The highest BCUT2D eigenvalue weighted by atomic mass is 32.2. The first-order valence-corrected chi connectivity index (χ1v) is 11.9. The van der Waals surface area contributed by atoms with Crippen molar-refractivity contribution < 1.29 is 0 Å². The summed E-state index contributed by atoms with van der Waals surface area (Å²) in [5.74, 6) is 0. The highest BCUT2D eigenvalue weighted by Gasteiger charge is 2.28. The molecule has 0 spiro atoms. The second-order valence-electron chi connectivity index (χ2n) is 7.35. The molecule has 6 nitrogen and oxygen atoms in total. The highest BCUT2D eigenvalue weighted by Crippen LogP contribution is 2.40. The zero-order chi connectivity index (χ0) is 19.6. The molecule has 2 aliphatic carbocycles. The molecule has 146 valence electrons. The van der Waals surface area contributed by atoms with Crippen LogP contribution in [0, 0.1) is 11.3 Å². The van der Waals surface area contributed by atoms with E-state index in [2.05, 4.69) is 25.8 Å². The van der Waals surface area contributed by atoms with Gasteiger partial charge in [-0.15, -0.1) is 11.8 Å². The summed E-state index contributed by atoms with van der Waals surface area (Å²) in [4.78, 5) is 13.2. The van der Waals surface area contributed by atoms with Crippen LogP contribution in [-0.2, 0) is 0 Å². The summed E-state index contributed by atoms with van der Waals surface area (Å²) in [5, 5.41) is 16.9. The summed E-state index contributed by atoms with van der Waals surface area (Å²) in [7, 11) is 0. The SMILES string of the molecule is N#Cc1c(-c2cncnc2)cc(-c2ccnn2C2CC2)nc1SCSC1CCC1. The Hall–Kier alpha value is -2.37. The first-order valence-electron chi connectivity index (χ1n) is 9.82. The second-order valence-corrected chi connectivity index (χ2v) is 9.97. The fraction of sp³-hybridized carbons (Fsp3) is 0.381. The van der Waals surface area contributed by atoms with Gasteiger partial charge in [0, 0.05) is 40.1 Å². The predicted molar refractivity (Wildman–Crippen MR) is 115 cm³/mol. The van der Waals surface area contributed by atoms with E-state index in [4.69, 9.17) is 4.98 Å². The second kappa shape index (κ2) is 8.17. The van der Waals surface area contributed by atoms with E-state index in [1.54, 1.807) is 24.2 Å². The number of thioether (sulfide) groups is 2. The van der Waals surface area contributed by atoms with Crippen LogP contribution in [0.3, 0.4) is 0 Å². The summed E-state index contributed by atoms with van der Waals surface area (Å²) in [5.41, 5.74) is 4.11. The van der Waals surface area contributed by atoms with E-state index in [0.29, 0.717) is 11.6 Å². The Morgan fingerprint density at radius 3 is 2.69 bits per heavy atom. The van der Waals surface area contributed by atoms with Gasteiger partial charge in [0.15, 0.2) is 0 Å². The molecule has 3 aromatic rings. The Kier molecular flexibility index (Phi) is 5.25. The van der Waals surface area contributed by atoms with Crippen molar-refractivity contribution in [3.05, 3.63) is 42.6 Å². The zero-order valence-corrected chi connectivity index (χ0v) is 17.5. The quantitative estimate of drug-likeness (QED) is 0.395. The molecule has 2 saturated carbocycles. The molecule has 8 heteroatoms. The van der Waals surface area contributed by atoms with Crippen molar-refractivity contribution in [1.82, 2.24) is 24.7 Å². The highest BCUT2D eigenvalue weighted by molar-refractivity contribution is 8.16. The van der Waals surface area contributed by atoms with E-state index in [1.165, 1.54) is 25.6 Å². The molecule has 3 aromatic heterocycles. The third kappa shape index (κ3) is 3.89. The van der Waals surface area contributed by atoms with Crippen LogP contribution < -0.4 is 0 Å². The minimum Gasteiger partial charge on any atom is -0.260 e. The van der Waals surface area contributed by atoms with Crippen molar-refractivity contribution in [2.24, 2.45) is 0 Å². The van der Waals surface area contributed by atoms with Gasteiger partial charge in [-0.05, 0) is 37.8 Å². The summed E-state index contributed by atoms with van der Waals surface area (Å²) in [6.45, 7) is 0. The van der Waals surface area contributed by atoms with Gasteiger partial charge in [-0.2, -0.15) is 10.4 Å². The summed E-state index contributed by atoms with van der Waals surface area (Å²) >= 11 is 3.63. The van der Waals surface area contributed by atoms with Crippen LogP contribution in [0.4, 0.5) is 0 Å². The lowest BCUT2D eigenvalue weighted by atomic mass is 10.0. The third-order valence-electron chi connectivity index (χ3n) is 5.35. The molecule has 0 N–H and O–H groups in total. The van der Waals surface area contributed by atoms with Gasteiger partial charge in [-0.1, -0.05) is 18.2 Å². The van der Waals surface area contributed by atoms with Gasteiger partial charge in [0.1, 0.15) is 17.4 Å². The van der Waals surface area contributed by atoms with Crippen LogP contribution in [-0.4, -0.2) is 35.1 Å². The zero-order valence-electron chi connectivity index (χ0n) is 15.9. The molecule has 2 aliphatic rings. The Balaban J connectivity index is 1.56. The van der Waals surface area contributed by atoms with Gasteiger partial charge in [0.25, 0.3) is 0 Å². The standard InChI is InChI=1S/C21H20N6S2/c22-9-18-17(14-10-23-12-24-11-14)8-19(20-6-7-25-27(20)15-4-5-15)26-21(18)29-13-28-16-2-1-3-16/h6-8,10-12,15-16H,1-5,13H2. The number of pyridine rings is 1. The van der Waals surface area contributed by atoms with Crippen LogP contribution in [0.5, 0.6) is 0 Å². The molecule has 0 aliphatic heterocycles. The van der Waals surface area contributed by atoms with Crippen LogP contribution in [0.2, 0.25) is 0 Å². The minimum absolute atomic E-state index is 0.464. The van der Waals surface area contributed by atoms with Gasteiger partial charge in [-0.25, -0.2) is 15.0 Å². The lowest BCUT2D eigenvalue weighted by Crippen LogP contribution is -2.13. The van der Waals surface area contributed by atoms with Gasteiger partial charge < -0.3 is 0 Å². The van der Waals surface area contributed by atoms with Gasteiger partial charge in [0.05, 0.1) is 23.0 Å². The average molecular weight is 421 g/mol. The summed E-state index contributed by atoms with van der Waals surface area (Å²) in [6, 6.07) is 6.84. The normalized spacial score (nSPS) is 16.4. The van der Waals surface area contributed by atoms with Gasteiger partial charge >= 0.3 is 0 Å². The smallest absolute Gasteiger partial charge is 0.116 e. The number of hydrogen-bond donors (Lipinski definition) is 0. The Labute approximate surface area is 178 Å². The molecular weight excluding hydrogens is 400 g/mol. The molecule has 0 atom stereocenters. The topological polar surface area (TPSA) is 80.3 Å². The predicted octanol–water partition coefficient (Wildman–Crippen LogP) is 4.94. The lowest BCUT2D eigenvalue weighted by Gasteiger charge is -2.24. The monoisotopic (exact) mass is 420 g/mol. The molecule has 0 saturated heterocycles. The molecule has 0 unspecified atom stereocenters. The number of aromatic nitrogens is 5. The van der Waals surface area contributed by atoms with E-state index in [9.17, 15) is 5.26 Å². The molecule has 0 radical (unpaired) electrons. The fourth-order valence-electron chi connectivity index (χ4n) is 3.38. The van der Waals surface area contributed by atoms with Gasteiger partial charge in [0.2, 0.25) is 0 Å². The Bertz CT molecular complexity index is 1050. The number of nitriles is 1. The van der Waals surface area contributed by atoms with E-state index in [-0.39, 0.29) is 0 Å². The molecule has 29 heavy (non-hydrogen) atoms. The van der Waals surface area contributed by atoms with Crippen molar-refractivity contribution in [1.29, 1.82) is 5.26 Å². The Morgan fingerprint density at radius 1 is 1.17 bits per heavy atom. The van der Waals surface area contributed by atoms with Crippen molar-refractivity contribution in [2.75, 3.05) is 5.08 Å². The number of rotatable bonds is 7. The summed E-state index contributed by atoms with van der Waals surface area (Å²) < 4.78 is 2.07. The van der Waals surface area contributed by atoms with E-state index >= 15 is 0 Å². The van der Waals surface area contributed by atoms with Gasteiger partial charge in [-0.3, -0.25) is 4.68 Å². The van der Waals surface area contributed by atoms with Crippen LogP contribution in [0.1, 0.15) is 43.7 Å². The molecule has 5 rings (SSSR count). The molecular formula is C21H20N6S2. The molecule has 2 fully saturated rings. The fourth-order valence-corrected chi connectivity index (χ4v) is 6.00. The number of hydrogen-bond acceptors (Lipinski definition) is 7. The maximum atomic E-state index is 9.93. The third-order valence-corrected chi connectivity index (χ3v) is 7.87. The van der Waals surface area contributed by atoms with Crippen molar-refractivity contribution in [3.8, 4) is 28.6 Å². The summed E-state index contributed by atoms with van der Waals surface area (Å²) in [6.07, 6.45) is 13.1. The number of nitrogens with zero attached hydrogens (tertiary/aromatic N) is 6. The molecule has 0 aromatic carbocycles. The average Bonchev–Trinajstić information content (AvgIpc) is 3.46. The molecule has 0 bridgehead atoms. The first-order chi connectivity index (χ1) is 14.3. The maximum Gasteiger partial charge on any atom is 0.116 e. The van der Waals surface area contributed by atoms with Crippen LogP contribution in [0.15, 0.2) is 42.1 Å². The maximum absolute atomic E-state index is 9.93. The van der Waals surface area contributed by atoms with E-state index < -0.39 is 0 Å². The molecule has 0 amide bonds. The lowest BCUT2D eigenvalue weighted by molar-refractivity contribution is 0.523. The van der Waals surface area contributed by atoms with Crippen LogP contribution >= 0.6 is 23.5 Å². The van der Waals surface area contributed by atoms with E-state index in [1.807, 2.05) is 30.1 Å². The molecule has 3 heterocycles. The minimum atomic E-state index is 0.464. The van der Waals surface area contributed by atoms with Crippen molar-refractivity contribution in [3.63, 3.8) is 0 Å². The first kappa shape index (κ1) is 18.6. The Morgan fingerprint density at radius 2 is 2.00 bits per heavy atom. The van der Waals surface area contributed by atoms with Crippen molar-refractivity contribution in [2.45, 2.75) is 48.4 Å². The largest absolute Gasteiger partial charge is 0.260 e. The van der Waals surface area contributed by atoms with Crippen LogP contribution in [0.25, 0.3) is 22.5 Å². The van der Waals surface area contributed by atoms with Crippen molar-refractivity contribution >= 4 is 23.5 Å².